The van der Waals surface area contributed by atoms with Crippen molar-refractivity contribution >= 4 is 22.6 Å². The third-order valence-electron chi connectivity index (χ3n) is 3.36. The van der Waals surface area contributed by atoms with E-state index in [0.29, 0.717) is 0 Å². The van der Waals surface area contributed by atoms with E-state index in [-0.39, 0.29) is 0 Å². The summed E-state index contributed by atoms with van der Waals surface area (Å²) in [6.07, 6.45) is 3.84. The maximum absolute atomic E-state index is 5.73. The molecule has 1 saturated heterocycles. The standard InChI is InChI=1S/C14H20INO/c1-12-4-2-9-16(12)10-3-11-17-14-7-5-13(15)6-8-14/h5-8,12H,2-4,9-11H2,1H3. The number of halogens is 1. The Hall–Kier alpha value is -0.290. The monoisotopic (exact) mass is 345 g/mol. The molecule has 0 amide bonds. The van der Waals surface area contributed by atoms with Gasteiger partial charge in [0.05, 0.1) is 6.61 Å². The lowest BCUT2D eigenvalue weighted by Crippen LogP contribution is -2.28. The number of rotatable bonds is 5. The van der Waals surface area contributed by atoms with Crippen molar-refractivity contribution in [2.45, 2.75) is 32.2 Å². The first kappa shape index (κ1) is 13.1. The summed E-state index contributed by atoms with van der Waals surface area (Å²) in [6.45, 7) is 5.59. The summed E-state index contributed by atoms with van der Waals surface area (Å²) < 4.78 is 6.98. The molecule has 0 spiro atoms. The Bertz CT molecular complexity index is 339. The molecule has 1 fully saturated rings. The molecule has 17 heavy (non-hydrogen) atoms. The molecule has 1 heterocycles. The first-order chi connectivity index (χ1) is 8.25. The van der Waals surface area contributed by atoms with Crippen LogP contribution in [0, 0.1) is 3.57 Å². The van der Waals surface area contributed by atoms with Crippen LogP contribution in [-0.2, 0) is 0 Å². The molecular weight excluding hydrogens is 325 g/mol. The number of nitrogens with zero attached hydrogens (tertiary/aromatic N) is 1. The first-order valence-corrected chi connectivity index (χ1v) is 7.46. The van der Waals surface area contributed by atoms with Crippen LogP contribution in [0.5, 0.6) is 5.75 Å². The fourth-order valence-electron chi connectivity index (χ4n) is 2.31. The molecule has 1 aromatic rings. The maximum atomic E-state index is 5.73. The predicted octanol–water partition coefficient (Wildman–Crippen LogP) is 3.54. The molecule has 0 radical (unpaired) electrons. The Morgan fingerprint density at radius 1 is 1.35 bits per heavy atom. The van der Waals surface area contributed by atoms with Gasteiger partial charge in [0, 0.05) is 16.2 Å². The molecule has 0 aromatic heterocycles. The van der Waals surface area contributed by atoms with Gasteiger partial charge in [0.1, 0.15) is 5.75 Å². The Morgan fingerprint density at radius 3 is 2.76 bits per heavy atom. The second-order valence-corrected chi connectivity index (χ2v) is 5.93. The normalized spacial score (nSPS) is 20.7. The number of ether oxygens (including phenoxy) is 1. The van der Waals surface area contributed by atoms with Crippen LogP contribution in [0.25, 0.3) is 0 Å². The highest BCUT2D eigenvalue weighted by Gasteiger charge is 2.18. The van der Waals surface area contributed by atoms with Gasteiger partial charge in [0.2, 0.25) is 0 Å². The Morgan fingerprint density at radius 2 is 2.12 bits per heavy atom. The third-order valence-corrected chi connectivity index (χ3v) is 4.08. The van der Waals surface area contributed by atoms with Crippen LogP contribution in [0.2, 0.25) is 0 Å². The van der Waals surface area contributed by atoms with Gasteiger partial charge in [-0.25, -0.2) is 0 Å². The second kappa shape index (κ2) is 6.59. The lowest BCUT2D eigenvalue weighted by molar-refractivity contribution is 0.230. The fraction of sp³-hybridized carbons (Fsp3) is 0.571. The number of likely N-dealkylation sites (tertiary alicyclic amines) is 1. The maximum Gasteiger partial charge on any atom is 0.119 e. The molecule has 2 rings (SSSR count). The highest BCUT2D eigenvalue weighted by Crippen LogP contribution is 2.17. The zero-order valence-corrected chi connectivity index (χ0v) is 12.5. The van der Waals surface area contributed by atoms with Crippen molar-refractivity contribution in [2.75, 3.05) is 19.7 Å². The highest BCUT2D eigenvalue weighted by atomic mass is 127. The van der Waals surface area contributed by atoms with E-state index < -0.39 is 0 Å². The van der Waals surface area contributed by atoms with Gasteiger partial charge in [-0.2, -0.15) is 0 Å². The van der Waals surface area contributed by atoms with Crippen molar-refractivity contribution in [1.29, 1.82) is 0 Å². The van der Waals surface area contributed by atoms with Crippen LogP contribution in [-0.4, -0.2) is 30.6 Å². The summed E-state index contributed by atoms with van der Waals surface area (Å²) in [5.74, 6) is 0.986. The minimum absolute atomic E-state index is 0.772. The van der Waals surface area contributed by atoms with Crippen LogP contribution in [0.4, 0.5) is 0 Å². The summed E-state index contributed by atoms with van der Waals surface area (Å²) >= 11 is 2.31. The summed E-state index contributed by atoms with van der Waals surface area (Å²) in [7, 11) is 0. The Balaban J connectivity index is 1.64. The topological polar surface area (TPSA) is 12.5 Å². The average molecular weight is 345 g/mol. The molecule has 1 aliphatic heterocycles. The lowest BCUT2D eigenvalue weighted by Gasteiger charge is -2.20. The minimum atomic E-state index is 0.772. The largest absolute Gasteiger partial charge is 0.494 e. The van der Waals surface area contributed by atoms with Crippen LogP contribution in [0.1, 0.15) is 26.2 Å². The Kier molecular flexibility index (Phi) is 5.10. The average Bonchev–Trinajstić information content (AvgIpc) is 2.73. The van der Waals surface area contributed by atoms with Crippen LogP contribution in [0.15, 0.2) is 24.3 Å². The minimum Gasteiger partial charge on any atom is -0.494 e. The molecule has 1 aliphatic rings. The van der Waals surface area contributed by atoms with Gasteiger partial charge in [-0.3, -0.25) is 0 Å². The first-order valence-electron chi connectivity index (χ1n) is 6.38. The van der Waals surface area contributed by atoms with E-state index in [0.717, 1.165) is 24.8 Å². The molecule has 1 atom stereocenters. The molecule has 0 saturated carbocycles. The molecule has 3 heteroatoms. The third kappa shape index (κ3) is 4.14. The number of hydrogen-bond acceptors (Lipinski definition) is 2. The van der Waals surface area contributed by atoms with Crippen molar-refractivity contribution in [2.24, 2.45) is 0 Å². The summed E-state index contributed by atoms with van der Waals surface area (Å²) in [6, 6.07) is 9.02. The second-order valence-electron chi connectivity index (χ2n) is 4.68. The molecule has 1 unspecified atom stereocenters. The quantitative estimate of drug-likeness (QED) is 0.598. The highest BCUT2D eigenvalue weighted by molar-refractivity contribution is 14.1. The number of hydrogen-bond donors (Lipinski definition) is 0. The van der Waals surface area contributed by atoms with Crippen molar-refractivity contribution in [3.8, 4) is 5.75 Å². The van der Waals surface area contributed by atoms with Crippen molar-refractivity contribution in [3.63, 3.8) is 0 Å². The molecule has 94 valence electrons. The van der Waals surface area contributed by atoms with E-state index >= 15 is 0 Å². The zero-order chi connectivity index (χ0) is 12.1. The molecule has 0 bridgehead atoms. The van der Waals surface area contributed by atoms with Gasteiger partial charge < -0.3 is 9.64 Å². The SMILES string of the molecule is CC1CCCN1CCCOc1ccc(I)cc1. The van der Waals surface area contributed by atoms with E-state index in [1.165, 1.54) is 29.5 Å². The van der Waals surface area contributed by atoms with Crippen molar-refractivity contribution in [1.82, 2.24) is 4.90 Å². The zero-order valence-electron chi connectivity index (χ0n) is 10.4. The molecule has 1 aromatic carbocycles. The van der Waals surface area contributed by atoms with E-state index in [1.54, 1.807) is 0 Å². The van der Waals surface area contributed by atoms with Gasteiger partial charge in [-0.15, -0.1) is 0 Å². The van der Waals surface area contributed by atoms with Gasteiger partial charge >= 0.3 is 0 Å². The van der Waals surface area contributed by atoms with E-state index in [2.05, 4.69) is 46.5 Å². The lowest BCUT2D eigenvalue weighted by atomic mass is 10.2. The summed E-state index contributed by atoms with van der Waals surface area (Å²) in [4.78, 5) is 2.57. The summed E-state index contributed by atoms with van der Waals surface area (Å²) in [5.41, 5.74) is 0. The van der Waals surface area contributed by atoms with Gasteiger partial charge in [0.25, 0.3) is 0 Å². The van der Waals surface area contributed by atoms with Gasteiger partial charge in [-0.1, -0.05) is 0 Å². The molecule has 0 aliphatic carbocycles. The number of benzene rings is 1. The predicted molar refractivity (Wildman–Crippen MR) is 79.5 cm³/mol. The van der Waals surface area contributed by atoms with E-state index in [9.17, 15) is 0 Å². The smallest absolute Gasteiger partial charge is 0.119 e. The Labute approximate surface area is 117 Å². The van der Waals surface area contributed by atoms with E-state index in [4.69, 9.17) is 4.74 Å². The molecule has 0 N–H and O–H groups in total. The van der Waals surface area contributed by atoms with Crippen molar-refractivity contribution in [3.05, 3.63) is 27.8 Å². The van der Waals surface area contributed by atoms with Gasteiger partial charge in [0.15, 0.2) is 0 Å². The van der Waals surface area contributed by atoms with Crippen LogP contribution >= 0.6 is 22.6 Å². The van der Waals surface area contributed by atoms with Crippen LogP contribution in [0.3, 0.4) is 0 Å². The van der Waals surface area contributed by atoms with E-state index in [1.807, 2.05) is 12.1 Å². The molecule has 2 nitrogen and oxygen atoms in total. The fourth-order valence-corrected chi connectivity index (χ4v) is 2.67. The summed E-state index contributed by atoms with van der Waals surface area (Å²) in [5, 5.41) is 0. The van der Waals surface area contributed by atoms with Crippen LogP contribution < -0.4 is 4.74 Å². The molecular formula is C14H20INO. The van der Waals surface area contributed by atoms with Gasteiger partial charge in [-0.05, 0) is 79.6 Å². The van der Waals surface area contributed by atoms with Crippen molar-refractivity contribution < 1.29 is 4.74 Å².